The van der Waals surface area contributed by atoms with Crippen LogP contribution in [0.4, 0.5) is 0 Å². The number of likely N-dealkylation sites (tertiary alicyclic amines) is 1. The maximum Gasteiger partial charge on any atom is 0.237 e. The van der Waals surface area contributed by atoms with Crippen LogP contribution in [-0.4, -0.2) is 36.5 Å². The average Bonchev–Trinajstić information content (AvgIpc) is 2.61. The third-order valence-corrected chi connectivity index (χ3v) is 5.55. The second kappa shape index (κ2) is 9.40. The number of carbonyl (C=O) groups is 1. The molecule has 5 heteroatoms. The van der Waals surface area contributed by atoms with Crippen molar-refractivity contribution in [2.75, 3.05) is 19.6 Å². The Bertz CT molecular complexity index is 529. The second-order valence-corrected chi connectivity index (χ2v) is 7.37. The number of halogens is 1. The number of nitrogens with one attached hydrogen (secondary N) is 1. The lowest BCUT2D eigenvalue weighted by Gasteiger charge is -2.32. The Morgan fingerprint density at radius 3 is 2.67 bits per heavy atom. The van der Waals surface area contributed by atoms with Crippen LogP contribution in [0.15, 0.2) is 24.3 Å². The van der Waals surface area contributed by atoms with Gasteiger partial charge in [-0.15, -0.1) is 0 Å². The smallest absolute Gasteiger partial charge is 0.237 e. The Kier molecular flexibility index (Phi) is 7.53. The van der Waals surface area contributed by atoms with Gasteiger partial charge in [-0.1, -0.05) is 50.1 Å². The zero-order valence-corrected chi connectivity index (χ0v) is 15.6. The molecule has 1 fully saturated rings. The van der Waals surface area contributed by atoms with Crippen molar-refractivity contribution in [2.45, 2.75) is 45.7 Å². The van der Waals surface area contributed by atoms with Gasteiger partial charge in [0.15, 0.2) is 0 Å². The minimum Gasteiger partial charge on any atom is -0.354 e. The van der Waals surface area contributed by atoms with Gasteiger partial charge in [-0.3, -0.25) is 9.69 Å². The van der Waals surface area contributed by atoms with Crippen molar-refractivity contribution < 1.29 is 4.79 Å². The zero-order chi connectivity index (χ0) is 17.5. The van der Waals surface area contributed by atoms with Gasteiger partial charge in [-0.25, -0.2) is 0 Å². The molecule has 0 spiro atoms. The highest BCUT2D eigenvalue weighted by Crippen LogP contribution is 2.22. The van der Waals surface area contributed by atoms with Gasteiger partial charge in [-0.2, -0.15) is 0 Å². The number of rotatable bonds is 7. The molecule has 4 nitrogen and oxygen atoms in total. The SMILES string of the molecule is CCC(C)C(N)C(=O)NCC1CCN(Cc2ccccc2Cl)CC1. The van der Waals surface area contributed by atoms with E-state index in [0.717, 1.165) is 50.5 Å². The fraction of sp³-hybridized carbons (Fsp3) is 0.632. The number of nitrogens with zero attached hydrogens (tertiary/aromatic N) is 1. The van der Waals surface area contributed by atoms with Crippen LogP contribution < -0.4 is 11.1 Å². The number of piperidine rings is 1. The highest BCUT2D eigenvalue weighted by atomic mass is 35.5. The normalized spacial score (nSPS) is 19.0. The quantitative estimate of drug-likeness (QED) is 0.793. The van der Waals surface area contributed by atoms with Crippen molar-refractivity contribution in [3.63, 3.8) is 0 Å². The monoisotopic (exact) mass is 351 g/mol. The van der Waals surface area contributed by atoms with Gasteiger partial charge in [0, 0.05) is 18.1 Å². The minimum absolute atomic E-state index is 0.0113. The van der Waals surface area contributed by atoms with E-state index in [1.54, 1.807) is 0 Å². The van der Waals surface area contributed by atoms with E-state index in [1.165, 1.54) is 5.56 Å². The summed E-state index contributed by atoms with van der Waals surface area (Å²) in [4.78, 5) is 14.5. The number of amides is 1. The lowest BCUT2D eigenvalue weighted by atomic mass is 9.95. The molecule has 0 aliphatic carbocycles. The van der Waals surface area contributed by atoms with Crippen LogP contribution in [-0.2, 0) is 11.3 Å². The molecule has 1 amide bonds. The lowest BCUT2D eigenvalue weighted by molar-refractivity contribution is -0.123. The summed E-state index contributed by atoms with van der Waals surface area (Å²) in [6, 6.07) is 7.63. The highest BCUT2D eigenvalue weighted by Gasteiger charge is 2.23. The lowest BCUT2D eigenvalue weighted by Crippen LogP contribution is -2.47. The molecule has 1 aromatic carbocycles. The standard InChI is InChI=1S/C19H30ClN3O/c1-3-14(2)18(21)19(24)22-12-15-8-10-23(11-9-15)13-16-6-4-5-7-17(16)20/h4-7,14-15,18H,3,8-13,21H2,1-2H3,(H,22,24). The van der Waals surface area contributed by atoms with Crippen LogP contribution in [0.2, 0.25) is 5.02 Å². The maximum absolute atomic E-state index is 12.1. The molecule has 1 heterocycles. The van der Waals surface area contributed by atoms with Crippen molar-refractivity contribution in [3.8, 4) is 0 Å². The van der Waals surface area contributed by atoms with Gasteiger partial charge in [0.25, 0.3) is 0 Å². The van der Waals surface area contributed by atoms with Crippen molar-refractivity contribution in [3.05, 3.63) is 34.9 Å². The Labute approximate surface area is 150 Å². The third-order valence-electron chi connectivity index (χ3n) is 5.18. The first kappa shape index (κ1) is 19.2. The van der Waals surface area contributed by atoms with E-state index in [2.05, 4.69) is 23.2 Å². The van der Waals surface area contributed by atoms with Crippen LogP contribution in [0, 0.1) is 11.8 Å². The molecule has 2 rings (SSSR count). The van der Waals surface area contributed by atoms with Gasteiger partial charge in [-0.05, 0) is 49.4 Å². The predicted octanol–water partition coefficient (Wildman–Crippen LogP) is 3.04. The molecule has 2 unspecified atom stereocenters. The van der Waals surface area contributed by atoms with E-state index in [-0.39, 0.29) is 11.8 Å². The summed E-state index contributed by atoms with van der Waals surface area (Å²) in [5, 5.41) is 3.88. The second-order valence-electron chi connectivity index (χ2n) is 6.97. The number of benzene rings is 1. The molecule has 24 heavy (non-hydrogen) atoms. The Balaban J connectivity index is 1.71. The Morgan fingerprint density at radius 1 is 1.38 bits per heavy atom. The van der Waals surface area contributed by atoms with E-state index in [9.17, 15) is 4.79 Å². The molecule has 1 saturated heterocycles. The topological polar surface area (TPSA) is 58.4 Å². The van der Waals surface area contributed by atoms with Gasteiger partial charge >= 0.3 is 0 Å². The van der Waals surface area contributed by atoms with Crippen molar-refractivity contribution in [1.29, 1.82) is 0 Å². The third kappa shape index (κ3) is 5.47. The molecule has 1 aromatic rings. The summed E-state index contributed by atoms with van der Waals surface area (Å²) in [5.41, 5.74) is 7.16. The molecular weight excluding hydrogens is 322 g/mol. The first-order valence-corrected chi connectivity index (χ1v) is 9.38. The molecule has 0 aromatic heterocycles. The molecular formula is C19H30ClN3O. The van der Waals surface area contributed by atoms with E-state index >= 15 is 0 Å². The molecule has 2 atom stereocenters. The summed E-state index contributed by atoms with van der Waals surface area (Å²) < 4.78 is 0. The number of carbonyl (C=O) groups excluding carboxylic acids is 1. The molecule has 0 radical (unpaired) electrons. The Hall–Kier alpha value is -1.10. The van der Waals surface area contributed by atoms with Crippen molar-refractivity contribution in [2.24, 2.45) is 17.6 Å². The van der Waals surface area contributed by atoms with Gasteiger partial charge in [0.2, 0.25) is 5.91 Å². The largest absolute Gasteiger partial charge is 0.354 e. The maximum atomic E-state index is 12.1. The first-order chi connectivity index (χ1) is 11.5. The molecule has 1 aliphatic rings. The van der Waals surface area contributed by atoms with Crippen LogP contribution in [0.5, 0.6) is 0 Å². The van der Waals surface area contributed by atoms with Crippen molar-refractivity contribution in [1.82, 2.24) is 10.2 Å². The summed E-state index contributed by atoms with van der Waals surface area (Å²) in [6.45, 7) is 7.82. The minimum atomic E-state index is -0.393. The predicted molar refractivity (Wildman–Crippen MR) is 99.9 cm³/mol. The Morgan fingerprint density at radius 2 is 2.04 bits per heavy atom. The summed E-state index contributed by atoms with van der Waals surface area (Å²) in [7, 11) is 0. The number of nitrogens with two attached hydrogens (primary N) is 1. The fourth-order valence-electron chi connectivity index (χ4n) is 3.09. The zero-order valence-electron chi connectivity index (χ0n) is 14.8. The van der Waals surface area contributed by atoms with E-state index in [0.29, 0.717) is 5.92 Å². The van der Waals surface area contributed by atoms with Gasteiger partial charge in [0.1, 0.15) is 0 Å². The van der Waals surface area contributed by atoms with Crippen LogP contribution in [0.1, 0.15) is 38.7 Å². The molecule has 1 aliphatic heterocycles. The summed E-state index contributed by atoms with van der Waals surface area (Å²) >= 11 is 6.24. The van der Waals surface area contributed by atoms with Crippen LogP contribution >= 0.6 is 11.6 Å². The van der Waals surface area contributed by atoms with Crippen molar-refractivity contribution >= 4 is 17.5 Å². The van der Waals surface area contributed by atoms with E-state index < -0.39 is 6.04 Å². The van der Waals surface area contributed by atoms with Crippen LogP contribution in [0.3, 0.4) is 0 Å². The molecule has 0 saturated carbocycles. The van der Waals surface area contributed by atoms with E-state index in [4.69, 9.17) is 17.3 Å². The summed E-state index contributed by atoms with van der Waals surface area (Å²) in [6.07, 6.45) is 3.13. The van der Waals surface area contributed by atoms with Crippen LogP contribution in [0.25, 0.3) is 0 Å². The van der Waals surface area contributed by atoms with Gasteiger partial charge in [0.05, 0.1) is 6.04 Å². The van der Waals surface area contributed by atoms with E-state index in [1.807, 2.05) is 25.1 Å². The van der Waals surface area contributed by atoms with Gasteiger partial charge < -0.3 is 11.1 Å². The highest BCUT2D eigenvalue weighted by molar-refractivity contribution is 6.31. The number of hydrogen-bond donors (Lipinski definition) is 2. The molecule has 0 bridgehead atoms. The first-order valence-electron chi connectivity index (χ1n) is 9.00. The fourth-order valence-corrected chi connectivity index (χ4v) is 3.29. The molecule has 134 valence electrons. The average molecular weight is 352 g/mol. The summed E-state index contributed by atoms with van der Waals surface area (Å²) in [5.74, 6) is 0.755. The number of hydrogen-bond acceptors (Lipinski definition) is 3. The molecule has 3 N–H and O–H groups in total.